The van der Waals surface area contributed by atoms with Gasteiger partial charge in [0.05, 0.1) is 5.41 Å². The molecule has 0 saturated carbocycles. The third-order valence-electron chi connectivity index (χ3n) is 7.55. The minimum atomic E-state index is -0.355. The third kappa shape index (κ3) is 3.41. The number of hydrogen-bond donors (Lipinski definition) is 1. The van der Waals surface area contributed by atoms with Gasteiger partial charge in [-0.25, -0.2) is 4.98 Å². The Morgan fingerprint density at radius 2 is 1.97 bits per heavy atom. The summed E-state index contributed by atoms with van der Waals surface area (Å²) in [5.41, 5.74) is 2.08. The fraction of sp³-hybridized carbons (Fsp3) is 0.500. The van der Waals surface area contributed by atoms with Gasteiger partial charge in [-0.3, -0.25) is 19.5 Å². The normalized spacial score (nSPS) is 25.3. The lowest BCUT2D eigenvalue weighted by Crippen LogP contribution is -2.53. The number of aromatic nitrogens is 2. The Labute approximate surface area is 182 Å². The molecule has 2 aromatic heterocycles. The van der Waals surface area contributed by atoms with Gasteiger partial charge in [0.1, 0.15) is 5.69 Å². The van der Waals surface area contributed by atoms with Crippen molar-refractivity contribution < 1.29 is 9.59 Å². The second kappa shape index (κ2) is 7.71. The summed E-state index contributed by atoms with van der Waals surface area (Å²) in [5.74, 6) is 0.190. The predicted molar refractivity (Wildman–Crippen MR) is 116 cm³/mol. The van der Waals surface area contributed by atoms with Crippen molar-refractivity contribution in [1.82, 2.24) is 25.1 Å². The number of aryl methyl sites for hydroxylation is 1. The molecule has 7 nitrogen and oxygen atoms in total. The second-order valence-electron chi connectivity index (χ2n) is 9.33. The molecule has 31 heavy (non-hydrogen) atoms. The van der Waals surface area contributed by atoms with Crippen LogP contribution in [0.3, 0.4) is 0 Å². The summed E-state index contributed by atoms with van der Waals surface area (Å²) in [4.78, 5) is 39.1. The first-order valence-electron chi connectivity index (χ1n) is 11.1. The van der Waals surface area contributed by atoms with Crippen LogP contribution in [-0.4, -0.2) is 64.3 Å². The number of amides is 2. The monoisotopic (exact) mass is 419 g/mol. The fourth-order valence-corrected chi connectivity index (χ4v) is 5.97. The number of hydrogen-bond acceptors (Lipinski definition) is 5. The van der Waals surface area contributed by atoms with E-state index in [1.807, 2.05) is 36.2 Å². The smallest absolute Gasteiger partial charge is 0.272 e. The number of carbonyl (C=O) groups is 2. The molecule has 2 spiro atoms. The van der Waals surface area contributed by atoms with Crippen LogP contribution in [0.25, 0.3) is 0 Å². The van der Waals surface area contributed by atoms with Gasteiger partial charge in [-0.2, -0.15) is 0 Å². The Morgan fingerprint density at radius 3 is 2.65 bits per heavy atom. The van der Waals surface area contributed by atoms with Crippen LogP contribution in [0.5, 0.6) is 0 Å². The summed E-state index contributed by atoms with van der Waals surface area (Å²) < 4.78 is 0. The number of piperidine rings is 1. The van der Waals surface area contributed by atoms with E-state index in [0.717, 1.165) is 51.1 Å². The number of carbonyl (C=O) groups excluding carboxylic acids is 2. The number of pyridine rings is 2. The van der Waals surface area contributed by atoms with Gasteiger partial charge in [0, 0.05) is 62.8 Å². The van der Waals surface area contributed by atoms with E-state index in [-0.39, 0.29) is 22.6 Å². The average Bonchev–Trinajstić information content (AvgIpc) is 3.29. The molecular formula is C24H29N5O2. The van der Waals surface area contributed by atoms with Crippen LogP contribution in [0.4, 0.5) is 0 Å². The third-order valence-corrected chi connectivity index (χ3v) is 7.55. The van der Waals surface area contributed by atoms with Crippen molar-refractivity contribution in [2.45, 2.75) is 32.7 Å². The van der Waals surface area contributed by atoms with Crippen LogP contribution in [-0.2, 0) is 11.3 Å². The zero-order valence-electron chi connectivity index (χ0n) is 18.0. The van der Waals surface area contributed by atoms with Crippen LogP contribution in [0.2, 0.25) is 0 Å². The van der Waals surface area contributed by atoms with E-state index in [1.54, 1.807) is 12.3 Å². The number of nitrogens with one attached hydrogen (secondary N) is 1. The van der Waals surface area contributed by atoms with Gasteiger partial charge in [-0.05, 0) is 49.9 Å². The van der Waals surface area contributed by atoms with Gasteiger partial charge in [-0.1, -0.05) is 12.1 Å². The van der Waals surface area contributed by atoms with Crippen molar-refractivity contribution in [1.29, 1.82) is 0 Å². The summed E-state index contributed by atoms with van der Waals surface area (Å²) >= 11 is 0. The molecule has 3 aliphatic rings. The molecule has 2 aromatic rings. The Balaban J connectivity index is 1.35. The maximum Gasteiger partial charge on any atom is 0.272 e. The molecule has 3 saturated heterocycles. The van der Waals surface area contributed by atoms with E-state index in [9.17, 15) is 9.59 Å². The van der Waals surface area contributed by atoms with Gasteiger partial charge in [-0.15, -0.1) is 0 Å². The molecule has 2 amide bonds. The van der Waals surface area contributed by atoms with Crippen molar-refractivity contribution in [3.05, 3.63) is 59.7 Å². The Morgan fingerprint density at radius 1 is 1.13 bits per heavy atom. The summed E-state index contributed by atoms with van der Waals surface area (Å²) in [6.45, 7) is 6.47. The molecule has 0 radical (unpaired) electrons. The van der Waals surface area contributed by atoms with Gasteiger partial charge in [0.2, 0.25) is 5.91 Å². The molecule has 1 atom stereocenters. The molecule has 1 unspecified atom stereocenters. The van der Waals surface area contributed by atoms with E-state index in [1.165, 1.54) is 5.56 Å². The number of nitrogens with zero attached hydrogens (tertiary/aromatic N) is 4. The van der Waals surface area contributed by atoms with Crippen molar-refractivity contribution in [2.75, 3.05) is 32.7 Å². The highest BCUT2D eigenvalue weighted by Crippen LogP contribution is 2.56. The minimum Gasteiger partial charge on any atom is -0.356 e. The first-order valence-corrected chi connectivity index (χ1v) is 11.1. The first kappa shape index (κ1) is 20.1. The largest absolute Gasteiger partial charge is 0.356 e. The Hall–Kier alpha value is -2.80. The summed E-state index contributed by atoms with van der Waals surface area (Å²) in [7, 11) is 0. The zero-order chi connectivity index (χ0) is 21.5. The number of fused-ring (bicyclic) bond motifs is 1. The van der Waals surface area contributed by atoms with Crippen molar-refractivity contribution in [3.8, 4) is 0 Å². The SMILES string of the molecule is Cc1cccc(C(=O)N2CCC3(CC2)CN(Cc2cccnc2)CC32CCNC2=O)n1. The molecular weight excluding hydrogens is 390 g/mol. The van der Waals surface area contributed by atoms with Gasteiger partial charge in [0.15, 0.2) is 0 Å². The fourth-order valence-electron chi connectivity index (χ4n) is 5.97. The quantitative estimate of drug-likeness (QED) is 0.824. The average molecular weight is 420 g/mol. The van der Waals surface area contributed by atoms with Crippen molar-refractivity contribution >= 4 is 11.8 Å². The lowest BCUT2D eigenvalue weighted by Gasteiger charge is -2.46. The Kier molecular flexibility index (Phi) is 5.01. The van der Waals surface area contributed by atoms with Crippen molar-refractivity contribution in [3.63, 3.8) is 0 Å². The topological polar surface area (TPSA) is 78.4 Å². The van der Waals surface area contributed by atoms with E-state index in [4.69, 9.17) is 0 Å². The van der Waals surface area contributed by atoms with Crippen LogP contribution in [0, 0.1) is 17.8 Å². The van der Waals surface area contributed by atoms with E-state index < -0.39 is 0 Å². The highest BCUT2D eigenvalue weighted by atomic mass is 16.2. The molecule has 0 aromatic carbocycles. The molecule has 5 heterocycles. The van der Waals surface area contributed by atoms with Gasteiger partial charge < -0.3 is 10.2 Å². The first-order chi connectivity index (χ1) is 15.0. The maximum absolute atomic E-state index is 13.1. The zero-order valence-corrected chi connectivity index (χ0v) is 18.0. The van der Waals surface area contributed by atoms with Crippen molar-refractivity contribution in [2.24, 2.45) is 10.8 Å². The number of rotatable bonds is 3. The summed E-state index contributed by atoms with van der Waals surface area (Å²) in [5, 5.41) is 3.11. The number of likely N-dealkylation sites (tertiary alicyclic amines) is 2. The molecule has 3 fully saturated rings. The standard InChI is InChI=1S/C24H29N5O2/c1-18-4-2-6-20(27-18)21(30)29-12-8-23(9-13-29)16-28(15-19-5-3-10-25-14-19)17-24(23)7-11-26-22(24)31/h2-6,10,14H,7-9,11-13,15-17H2,1H3,(H,26,31). The second-order valence-corrected chi connectivity index (χ2v) is 9.33. The lowest BCUT2D eigenvalue weighted by atomic mass is 9.60. The predicted octanol–water partition coefficient (Wildman–Crippen LogP) is 2.03. The Bertz CT molecular complexity index is 986. The molecule has 0 aliphatic carbocycles. The van der Waals surface area contributed by atoms with E-state index >= 15 is 0 Å². The molecule has 5 rings (SSSR count). The molecule has 0 bridgehead atoms. The summed E-state index contributed by atoms with van der Waals surface area (Å²) in [6.07, 6.45) is 6.27. The van der Waals surface area contributed by atoms with E-state index in [2.05, 4.69) is 26.3 Å². The minimum absolute atomic E-state index is 0.00585. The van der Waals surface area contributed by atoms with Crippen LogP contribution >= 0.6 is 0 Å². The highest BCUT2D eigenvalue weighted by molar-refractivity contribution is 5.92. The van der Waals surface area contributed by atoms with Crippen LogP contribution in [0.1, 0.15) is 41.0 Å². The van der Waals surface area contributed by atoms with Crippen LogP contribution in [0.15, 0.2) is 42.7 Å². The van der Waals surface area contributed by atoms with Gasteiger partial charge in [0.25, 0.3) is 5.91 Å². The molecule has 3 aliphatic heterocycles. The van der Waals surface area contributed by atoms with E-state index in [0.29, 0.717) is 18.8 Å². The molecule has 1 N–H and O–H groups in total. The highest BCUT2D eigenvalue weighted by Gasteiger charge is 2.63. The maximum atomic E-state index is 13.1. The van der Waals surface area contributed by atoms with Crippen LogP contribution < -0.4 is 5.32 Å². The molecule has 7 heteroatoms. The lowest BCUT2D eigenvalue weighted by molar-refractivity contribution is -0.133. The van der Waals surface area contributed by atoms with Gasteiger partial charge >= 0.3 is 0 Å². The summed E-state index contributed by atoms with van der Waals surface area (Å²) in [6, 6.07) is 9.63. The molecule has 162 valence electrons.